The number of carbonyl (C=O) groups is 2. The van der Waals surface area contributed by atoms with Gasteiger partial charge in [-0.05, 0) is 31.2 Å². The highest BCUT2D eigenvalue weighted by Crippen LogP contribution is 2.42. The molecule has 1 atom stereocenters. The SMILES string of the molecule is CC(=O)C1(C=O)C=C(O)c2ccncc2N1c1ccccc1. The molecule has 1 aliphatic heterocycles. The van der Waals surface area contributed by atoms with E-state index in [1.54, 1.807) is 29.3 Å². The number of aldehydes is 1. The molecule has 2 aromatic rings. The monoisotopic (exact) mass is 294 g/mol. The Kier molecular flexibility index (Phi) is 3.25. The molecule has 0 aliphatic carbocycles. The van der Waals surface area contributed by atoms with Crippen molar-refractivity contribution in [1.82, 2.24) is 4.98 Å². The van der Waals surface area contributed by atoms with Gasteiger partial charge in [-0.2, -0.15) is 0 Å². The van der Waals surface area contributed by atoms with Gasteiger partial charge in [-0.3, -0.25) is 14.6 Å². The Hall–Kier alpha value is -2.95. The predicted octanol–water partition coefficient (Wildman–Crippen LogP) is 2.66. The molecule has 0 fully saturated rings. The fourth-order valence-electron chi connectivity index (χ4n) is 2.69. The number of hydrogen-bond acceptors (Lipinski definition) is 5. The van der Waals surface area contributed by atoms with Gasteiger partial charge in [0.15, 0.2) is 17.6 Å². The molecule has 2 heterocycles. The zero-order chi connectivity index (χ0) is 15.7. The second-order valence-electron chi connectivity index (χ2n) is 5.09. The number of para-hydroxylation sites is 1. The van der Waals surface area contributed by atoms with Crippen molar-refractivity contribution in [1.29, 1.82) is 0 Å². The molecule has 110 valence electrons. The zero-order valence-corrected chi connectivity index (χ0v) is 11.9. The minimum Gasteiger partial charge on any atom is -0.507 e. The van der Waals surface area contributed by atoms with Gasteiger partial charge >= 0.3 is 0 Å². The minimum atomic E-state index is -1.58. The van der Waals surface area contributed by atoms with Crippen molar-refractivity contribution in [2.24, 2.45) is 0 Å². The Bertz CT molecular complexity index is 770. The number of nitrogens with zero attached hydrogens (tertiary/aromatic N) is 2. The summed E-state index contributed by atoms with van der Waals surface area (Å²) in [5.74, 6) is -0.487. The summed E-state index contributed by atoms with van der Waals surface area (Å²) in [4.78, 5) is 29.7. The fraction of sp³-hybridized carbons (Fsp3) is 0.118. The number of rotatable bonds is 3. The van der Waals surface area contributed by atoms with Crippen LogP contribution in [0.5, 0.6) is 0 Å². The zero-order valence-electron chi connectivity index (χ0n) is 11.9. The van der Waals surface area contributed by atoms with Crippen LogP contribution in [-0.2, 0) is 9.59 Å². The maximum atomic E-state index is 12.2. The first kappa shape index (κ1) is 14.0. The molecular formula is C17H14N2O3. The van der Waals surface area contributed by atoms with E-state index in [2.05, 4.69) is 4.98 Å². The van der Waals surface area contributed by atoms with E-state index in [0.717, 1.165) is 0 Å². The van der Waals surface area contributed by atoms with Crippen LogP contribution in [0.2, 0.25) is 0 Å². The highest BCUT2D eigenvalue weighted by atomic mass is 16.3. The average molecular weight is 294 g/mol. The smallest absolute Gasteiger partial charge is 0.181 e. The van der Waals surface area contributed by atoms with Gasteiger partial charge in [0.1, 0.15) is 5.76 Å². The third kappa shape index (κ3) is 1.90. The molecule has 0 saturated heterocycles. The van der Waals surface area contributed by atoms with Crippen LogP contribution in [-0.4, -0.2) is 27.7 Å². The molecule has 22 heavy (non-hydrogen) atoms. The number of pyridine rings is 1. The van der Waals surface area contributed by atoms with Crippen LogP contribution in [0, 0.1) is 0 Å². The lowest BCUT2D eigenvalue weighted by Crippen LogP contribution is -2.53. The van der Waals surface area contributed by atoms with Crippen molar-refractivity contribution in [3.63, 3.8) is 0 Å². The average Bonchev–Trinajstić information content (AvgIpc) is 2.55. The van der Waals surface area contributed by atoms with Gasteiger partial charge in [-0.15, -0.1) is 0 Å². The molecule has 5 heteroatoms. The van der Waals surface area contributed by atoms with Crippen molar-refractivity contribution in [2.75, 3.05) is 4.90 Å². The van der Waals surface area contributed by atoms with Gasteiger partial charge in [0.2, 0.25) is 0 Å². The summed E-state index contributed by atoms with van der Waals surface area (Å²) in [5.41, 5.74) is 0.123. The van der Waals surface area contributed by atoms with E-state index in [9.17, 15) is 14.7 Å². The first-order chi connectivity index (χ1) is 10.6. The quantitative estimate of drug-likeness (QED) is 0.696. The standard InChI is InChI=1S/C17H14N2O3/c1-12(21)17(11-20)9-16(22)14-7-8-18-10-15(14)19(17)13-5-3-2-4-6-13/h2-11,22H,1H3. The number of benzene rings is 1. The number of hydrogen-bond donors (Lipinski definition) is 1. The second kappa shape index (κ2) is 5.11. The van der Waals surface area contributed by atoms with Gasteiger partial charge in [0.25, 0.3) is 0 Å². The largest absolute Gasteiger partial charge is 0.507 e. The highest BCUT2D eigenvalue weighted by Gasteiger charge is 2.45. The van der Waals surface area contributed by atoms with Crippen molar-refractivity contribution < 1.29 is 14.7 Å². The molecule has 0 amide bonds. The normalized spacial score (nSPS) is 20.0. The van der Waals surface area contributed by atoms with E-state index in [-0.39, 0.29) is 11.5 Å². The van der Waals surface area contributed by atoms with E-state index in [1.165, 1.54) is 19.2 Å². The summed E-state index contributed by atoms with van der Waals surface area (Å²) < 4.78 is 0. The molecule has 3 rings (SSSR count). The topological polar surface area (TPSA) is 70.5 Å². The number of aliphatic hydroxyl groups excluding tert-OH is 1. The lowest BCUT2D eigenvalue weighted by Gasteiger charge is -2.41. The molecule has 5 nitrogen and oxygen atoms in total. The number of Topliss-reactive ketones (excluding diaryl/α,β-unsaturated/α-hetero) is 1. The number of aromatic nitrogens is 1. The molecule has 0 saturated carbocycles. The molecule has 1 aromatic heterocycles. The summed E-state index contributed by atoms with van der Waals surface area (Å²) in [6.07, 6.45) is 4.92. The molecule has 1 N–H and O–H groups in total. The Balaban J connectivity index is 2.34. The summed E-state index contributed by atoms with van der Waals surface area (Å²) in [6.45, 7) is 1.33. The van der Waals surface area contributed by atoms with Crippen molar-refractivity contribution >= 4 is 29.2 Å². The Labute approximate surface area is 127 Å². The Morgan fingerprint density at radius 2 is 2.00 bits per heavy atom. The third-order valence-corrected chi connectivity index (χ3v) is 3.80. The molecule has 0 spiro atoms. The molecule has 1 aliphatic rings. The highest BCUT2D eigenvalue weighted by molar-refractivity contribution is 6.12. The van der Waals surface area contributed by atoms with E-state index >= 15 is 0 Å². The van der Waals surface area contributed by atoms with Gasteiger partial charge in [0, 0.05) is 17.4 Å². The van der Waals surface area contributed by atoms with E-state index < -0.39 is 5.54 Å². The first-order valence-electron chi connectivity index (χ1n) is 6.79. The van der Waals surface area contributed by atoms with E-state index in [0.29, 0.717) is 23.2 Å². The minimum absolute atomic E-state index is 0.105. The Morgan fingerprint density at radius 3 is 2.64 bits per heavy atom. The Morgan fingerprint density at radius 1 is 1.27 bits per heavy atom. The maximum absolute atomic E-state index is 12.2. The third-order valence-electron chi connectivity index (χ3n) is 3.80. The number of fused-ring (bicyclic) bond motifs is 1. The van der Waals surface area contributed by atoms with E-state index in [4.69, 9.17) is 0 Å². The maximum Gasteiger partial charge on any atom is 0.181 e. The summed E-state index contributed by atoms with van der Waals surface area (Å²) in [5, 5.41) is 10.2. The van der Waals surface area contributed by atoms with Crippen molar-refractivity contribution in [3.05, 3.63) is 60.4 Å². The van der Waals surface area contributed by atoms with Crippen LogP contribution in [0.15, 0.2) is 54.9 Å². The molecule has 1 aromatic carbocycles. The van der Waals surface area contributed by atoms with Crippen molar-refractivity contribution in [3.8, 4) is 0 Å². The molecule has 0 radical (unpaired) electrons. The van der Waals surface area contributed by atoms with Crippen LogP contribution in [0.4, 0.5) is 11.4 Å². The number of anilines is 2. The number of ketones is 1. The van der Waals surface area contributed by atoms with Gasteiger partial charge in [0.05, 0.1) is 11.9 Å². The summed E-state index contributed by atoms with van der Waals surface area (Å²) in [7, 11) is 0. The van der Waals surface area contributed by atoms with Crippen molar-refractivity contribution in [2.45, 2.75) is 12.5 Å². The van der Waals surface area contributed by atoms with Gasteiger partial charge in [-0.25, -0.2) is 0 Å². The predicted molar refractivity (Wildman–Crippen MR) is 82.9 cm³/mol. The van der Waals surface area contributed by atoms with Crippen LogP contribution < -0.4 is 4.90 Å². The molecule has 0 bridgehead atoms. The van der Waals surface area contributed by atoms with Gasteiger partial charge in [-0.1, -0.05) is 18.2 Å². The summed E-state index contributed by atoms with van der Waals surface area (Å²) >= 11 is 0. The number of aliphatic hydroxyl groups is 1. The summed E-state index contributed by atoms with van der Waals surface area (Å²) in [6, 6.07) is 10.7. The molecule has 1 unspecified atom stereocenters. The lowest BCUT2D eigenvalue weighted by atomic mass is 9.87. The van der Waals surface area contributed by atoms with Crippen LogP contribution >= 0.6 is 0 Å². The fourth-order valence-corrected chi connectivity index (χ4v) is 2.69. The van der Waals surface area contributed by atoms with Gasteiger partial charge < -0.3 is 10.0 Å². The number of carbonyl (C=O) groups excluding carboxylic acids is 2. The van der Waals surface area contributed by atoms with Crippen LogP contribution in [0.1, 0.15) is 12.5 Å². The van der Waals surface area contributed by atoms with Crippen LogP contribution in [0.3, 0.4) is 0 Å². The van der Waals surface area contributed by atoms with Crippen LogP contribution in [0.25, 0.3) is 5.76 Å². The molecular weight excluding hydrogens is 280 g/mol. The van der Waals surface area contributed by atoms with E-state index in [1.807, 2.05) is 18.2 Å². The second-order valence-corrected chi connectivity index (χ2v) is 5.09. The lowest BCUT2D eigenvalue weighted by molar-refractivity contribution is -0.125. The first-order valence-corrected chi connectivity index (χ1v) is 6.79.